The molecule has 2 heterocycles. The number of hydrogen-bond donors (Lipinski definition) is 2. The van der Waals surface area contributed by atoms with Gasteiger partial charge in [-0.3, -0.25) is 25.4 Å². The van der Waals surface area contributed by atoms with E-state index in [1.54, 1.807) is 12.1 Å². The molecule has 0 bridgehead atoms. The third kappa shape index (κ3) is 5.04. The molecule has 0 fully saturated rings. The number of nitrogens with zero attached hydrogens (tertiary/aromatic N) is 4. The van der Waals surface area contributed by atoms with Crippen molar-refractivity contribution in [1.82, 2.24) is 15.8 Å². The van der Waals surface area contributed by atoms with Gasteiger partial charge in [-0.15, -0.1) is 0 Å². The standard InChI is InChI=1S/C14H14N6O4/c1-9-2-3-10(6-16-9)23-8-13(21)18-19-14(22)12-5-4-11(24-12)7-17-20-15/h2-6H,7-8H2,1H3,(H,18,21)(H,19,22). The maximum atomic E-state index is 11.8. The molecule has 0 radical (unpaired) electrons. The Hall–Kier alpha value is -3.52. The van der Waals surface area contributed by atoms with Crippen LogP contribution in [0.1, 0.15) is 22.0 Å². The van der Waals surface area contributed by atoms with Gasteiger partial charge in [0.05, 0.1) is 12.7 Å². The second-order valence-electron chi connectivity index (χ2n) is 4.58. The highest BCUT2D eigenvalue weighted by Crippen LogP contribution is 2.09. The molecule has 0 saturated carbocycles. The van der Waals surface area contributed by atoms with E-state index in [9.17, 15) is 9.59 Å². The Morgan fingerprint density at radius 1 is 1.33 bits per heavy atom. The van der Waals surface area contributed by atoms with Crippen LogP contribution in [0.3, 0.4) is 0 Å². The molecule has 2 rings (SSSR count). The van der Waals surface area contributed by atoms with Crippen molar-refractivity contribution in [3.05, 3.63) is 58.1 Å². The van der Waals surface area contributed by atoms with Crippen LogP contribution >= 0.6 is 0 Å². The van der Waals surface area contributed by atoms with Crippen molar-refractivity contribution >= 4 is 11.8 Å². The summed E-state index contributed by atoms with van der Waals surface area (Å²) in [5.74, 6) is -0.449. The number of aryl methyl sites for hydroxylation is 1. The van der Waals surface area contributed by atoms with E-state index in [-0.39, 0.29) is 18.9 Å². The van der Waals surface area contributed by atoms with Crippen LogP contribution in [-0.4, -0.2) is 23.4 Å². The van der Waals surface area contributed by atoms with Gasteiger partial charge in [0.1, 0.15) is 11.5 Å². The number of ether oxygens (including phenoxy) is 1. The van der Waals surface area contributed by atoms with Gasteiger partial charge in [-0.05, 0) is 36.7 Å². The fourth-order valence-corrected chi connectivity index (χ4v) is 1.60. The van der Waals surface area contributed by atoms with Crippen LogP contribution in [-0.2, 0) is 11.3 Å². The molecular weight excluding hydrogens is 316 g/mol. The van der Waals surface area contributed by atoms with Crippen molar-refractivity contribution in [1.29, 1.82) is 0 Å². The van der Waals surface area contributed by atoms with Crippen LogP contribution in [0.4, 0.5) is 0 Å². The zero-order valence-electron chi connectivity index (χ0n) is 12.7. The Morgan fingerprint density at radius 2 is 2.17 bits per heavy atom. The predicted octanol–water partition coefficient (Wildman–Crippen LogP) is 1.63. The van der Waals surface area contributed by atoms with Gasteiger partial charge >= 0.3 is 5.91 Å². The van der Waals surface area contributed by atoms with Gasteiger partial charge in [-0.2, -0.15) is 0 Å². The third-order valence-electron chi connectivity index (χ3n) is 2.74. The lowest BCUT2D eigenvalue weighted by atomic mass is 10.4. The van der Waals surface area contributed by atoms with Crippen LogP contribution in [0, 0.1) is 6.92 Å². The van der Waals surface area contributed by atoms with E-state index in [2.05, 4.69) is 25.9 Å². The number of pyridine rings is 1. The first-order valence-corrected chi connectivity index (χ1v) is 6.82. The van der Waals surface area contributed by atoms with Crippen molar-refractivity contribution < 1.29 is 18.7 Å². The lowest BCUT2D eigenvalue weighted by molar-refractivity contribution is -0.123. The van der Waals surface area contributed by atoms with E-state index >= 15 is 0 Å². The number of azide groups is 1. The van der Waals surface area contributed by atoms with E-state index in [0.717, 1.165) is 5.69 Å². The number of rotatable bonds is 6. The molecule has 2 aromatic heterocycles. The van der Waals surface area contributed by atoms with Crippen LogP contribution in [0.2, 0.25) is 0 Å². The van der Waals surface area contributed by atoms with E-state index in [1.807, 2.05) is 6.92 Å². The number of aromatic nitrogens is 1. The average Bonchev–Trinajstić information content (AvgIpc) is 3.06. The molecule has 10 heteroatoms. The third-order valence-corrected chi connectivity index (χ3v) is 2.74. The molecular formula is C14H14N6O4. The van der Waals surface area contributed by atoms with Gasteiger partial charge in [0.15, 0.2) is 12.4 Å². The van der Waals surface area contributed by atoms with E-state index < -0.39 is 11.8 Å². The lowest BCUT2D eigenvalue weighted by Gasteiger charge is -2.07. The van der Waals surface area contributed by atoms with Gasteiger partial charge in [0.25, 0.3) is 5.91 Å². The zero-order chi connectivity index (χ0) is 17.4. The van der Waals surface area contributed by atoms with Crippen molar-refractivity contribution in [2.24, 2.45) is 5.11 Å². The number of carbonyl (C=O) groups is 2. The summed E-state index contributed by atoms with van der Waals surface area (Å²) in [6.07, 6.45) is 1.50. The zero-order valence-corrected chi connectivity index (χ0v) is 12.7. The average molecular weight is 330 g/mol. The molecule has 0 saturated heterocycles. The number of amides is 2. The van der Waals surface area contributed by atoms with E-state index in [0.29, 0.717) is 11.5 Å². The van der Waals surface area contributed by atoms with Crippen LogP contribution in [0.15, 0.2) is 40.0 Å². The van der Waals surface area contributed by atoms with E-state index in [4.69, 9.17) is 14.7 Å². The number of carbonyl (C=O) groups excluding carboxylic acids is 2. The van der Waals surface area contributed by atoms with Gasteiger partial charge in [0, 0.05) is 10.6 Å². The van der Waals surface area contributed by atoms with Gasteiger partial charge in [0.2, 0.25) is 0 Å². The molecule has 0 spiro atoms. The maximum Gasteiger partial charge on any atom is 0.305 e. The summed E-state index contributed by atoms with van der Waals surface area (Å²) in [4.78, 5) is 30.0. The Kier molecular flexibility index (Phi) is 5.76. The SMILES string of the molecule is Cc1ccc(OCC(=O)NNC(=O)c2ccc(CN=[N+]=[N-])o2)cn1. The summed E-state index contributed by atoms with van der Waals surface area (Å²) < 4.78 is 10.4. The molecule has 0 unspecified atom stereocenters. The molecule has 10 nitrogen and oxygen atoms in total. The van der Waals surface area contributed by atoms with Crippen molar-refractivity contribution in [3.63, 3.8) is 0 Å². The number of nitrogens with one attached hydrogen (secondary N) is 2. The number of hydrazine groups is 1. The highest BCUT2D eigenvalue weighted by atomic mass is 16.5. The molecule has 2 amide bonds. The summed E-state index contributed by atoms with van der Waals surface area (Å²) in [5.41, 5.74) is 13.4. The lowest BCUT2D eigenvalue weighted by Crippen LogP contribution is -2.43. The highest BCUT2D eigenvalue weighted by Gasteiger charge is 2.12. The minimum absolute atomic E-state index is 0.00539. The largest absolute Gasteiger partial charge is 0.482 e. The fraction of sp³-hybridized carbons (Fsp3) is 0.214. The summed E-state index contributed by atoms with van der Waals surface area (Å²) >= 11 is 0. The Morgan fingerprint density at radius 3 is 2.88 bits per heavy atom. The topological polar surface area (TPSA) is 142 Å². The maximum absolute atomic E-state index is 11.8. The Balaban J connectivity index is 1.76. The van der Waals surface area contributed by atoms with Crippen molar-refractivity contribution in [2.75, 3.05) is 6.61 Å². The van der Waals surface area contributed by atoms with Crippen molar-refractivity contribution in [3.8, 4) is 5.75 Å². The molecule has 124 valence electrons. The monoisotopic (exact) mass is 330 g/mol. The number of furan rings is 1. The first-order valence-electron chi connectivity index (χ1n) is 6.82. The van der Waals surface area contributed by atoms with Gasteiger partial charge < -0.3 is 9.15 Å². The summed E-state index contributed by atoms with van der Waals surface area (Å²) in [7, 11) is 0. The molecule has 0 atom stereocenters. The smallest absolute Gasteiger partial charge is 0.305 e. The minimum Gasteiger partial charge on any atom is -0.482 e. The molecule has 2 aromatic rings. The molecule has 0 aliphatic rings. The summed E-state index contributed by atoms with van der Waals surface area (Å²) in [6, 6.07) is 6.33. The molecule has 2 N–H and O–H groups in total. The van der Waals surface area contributed by atoms with Crippen LogP contribution in [0.5, 0.6) is 5.75 Å². The highest BCUT2D eigenvalue weighted by molar-refractivity contribution is 5.93. The Bertz CT molecular complexity index is 764. The van der Waals surface area contributed by atoms with Gasteiger partial charge in [-0.1, -0.05) is 5.11 Å². The van der Waals surface area contributed by atoms with Crippen LogP contribution in [0.25, 0.3) is 10.4 Å². The second kappa shape index (κ2) is 8.20. The summed E-state index contributed by atoms with van der Waals surface area (Å²) in [5, 5.41) is 3.31. The minimum atomic E-state index is -0.646. The van der Waals surface area contributed by atoms with Crippen LogP contribution < -0.4 is 15.6 Å². The molecule has 0 aromatic carbocycles. The van der Waals surface area contributed by atoms with Crippen molar-refractivity contribution in [2.45, 2.75) is 13.5 Å². The first-order chi connectivity index (χ1) is 11.6. The van der Waals surface area contributed by atoms with E-state index in [1.165, 1.54) is 18.3 Å². The second-order valence-corrected chi connectivity index (χ2v) is 4.58. The quantitative estimate of drug-likeness (QED) is 0.358. The molecule has 0 aliphatic heterocycles. The fourth-order valence-electron chi connectivity index (χ4n) is 1.60. The normalized spacial score (nSPS) is 9.71. The predicted molar refractivity (Wildman–Crippen MR) is 81.6 cm³/mol. The van der Waals surface area contributed by atoms with Gasteiger partial charge in [-0.25, -0.2) is 0 Å². The Labute approximate surface area is 136 Å². The first kappa shape index (κ1) is 16.8. The summed E-state index contributed by atoms with van der Waals surface area (Å²) in [6.45, 7) is 1.54. The number of hydrogen-bond acceptors (Lipinski definition) is 6. The molecule has 0 aliphatic carbocycles. The molecule has 24 heavy (non-hydrogen) atoms.